The van der Waals surface area contributed by atoms with Crippen LogP contribution >= 0.6 is 0 Å². The average Bonchev–Trinajstić information content (AvgIpc) is 2.95. The number of hydrogen-bond acceptors (Lipinski definition) is 6. The molecule has 3 aliphatic heterocycles. The first-order valence-electron chi connectivity index (χ1n) is 10.8. The molecule has 1 aromatic rings. The Morgan fingerprint density at radius 2 is 1.69 bits per heavy atom. The Labute approximate surface area is 174 Å². The molecule has 164 valence electrons. The van der Waals surface area contributed by atoms with E-state index in [1.165, 1.54) is 0 Å². The van der Waals surface area contributed by atoms with E-state index < -0.39 is 10.0 Å². The molecule has 0 N–H and O–H groups in total. The van der Waals surface area contributed by atoms with Gasteiger partial charge in [-0.1, -0.05) is 0 Å². The lowest BCUT2D eigenvalue weighted by Gasteiger charge is -2.49. The normalized spacial score (nSPS) is 27.5. The highest BCUT2D eigenvalue weighted by Gasteiger charge is 2.44. The number of ether oxygens (including phenoxy) is 1. The van der Waals surface area contributed by atoms with Gasteiger partial charge in [0.25, 0.3) is 0 Å². The van der Waals surface area contributed by atoms with Crippen molar-refractivity contribution in [3.05, 3.63) is 11.4 Å². The lowest BCUT2D eigenvalue weighted by atomic mass is 9.82. The molecule has 0 aliphatic carbocycles. The molecular formula is C20H35N5O3S. The molecule has 0 saturated carbocycles. The maximum absolute atomic E-state index is 13.3. The third-order valence-electron chi connectivity index (χ3n) is 7.20. The number of piperazine rings is 1. The van der Waals surface area contributed by atoms with Crippen LogP contribution < -0.4 is 0 Å². The Hall–Kier alpha value is -1.00. The summed E-state index contributed by atoms with van der Waals surface area (Å²) in [5.41, 5.74) is 1.11. The fourth-order valence-corrected chi connectivity index (χ4v) is 7.08. The molecule has 29 heavy (non-hydrogen) atoms. The summed E-state index contributed by atoms with van der Waals surface area (Å²) in [4.78, 5) is 5.38. The van der Waals surface area contributed by atoms with Crippen LogP contribution in [0.25, 0.3) is 0 Å². The van der Waals surface area contributed by atoms with Gasteiger partial charge in [-0.25, -0.2) is 8.42 Å². The van der Waals surface area contributed by atoms with Crippen molar-refractivity contribution in [2.75, 3.05) is 52.9 Å². The zero-order valence-corrected chi connectivity index (χ0v) is 19.0. The Kier molecular flexibility index (Phi) is 5.80. The summed E-state index contributed by atoms with van der Waals surface area (Å²) in [5.74, 6) is 0. The molecule has 3 fully saturated rings. The van der Waals surface area contributed by atoms with Crippen molar-refractivity contribution in [3.8, 4) is 0 Å². The van der Waals surface area contributed by atoms with Gasteiger partial charge in [0.2, 0.25) is 10.0 Å². The molecule has 0 aromatic carbocycles. The molecule has 4 rings (SSSR count). The summed E-state index contributed by atoms with van der Waals surface area (Å²) in [6.45, 7) is 9.91. The number of piperidine rings is 1. The average molecular weight is 426 g/mol. The van der Waals surface area contributed by atoms with Crippen molar-refractivity contribution in [2.24, 2.45) is 7.05 Å². The van der Waals surface area contributed by atoms with Gasteiger partial charge in [-0.3, -0.25) is 9.58 Å². The molecule has 1 atom stereocenters. The van der Waals surface area contributed by atoms with Gasteiger partial charge in [0.1, 0.15) is 4.90 Å². The first-order chi connectivity index (χ1) is 13.7. The van der Waals surface area contributed by atoms with Crippen LogP contribution in [-0.4, -0.2) is 96.9 Å². The number of sulfonamides is 1. The van der Waals surface area contributed by atoms with Gasteiger partial charge in [-0.05, 0) is 46.6 Å². The number of aryl methyl sites for hydroxylation is 2. The third kappa shape index (κ3) is 3.99. The number of aromatic nitrogens is 2. The Morgan fingerprint density at radius 3 is 2.28 bits per heavy atom. The van der Waals surface area contributed by atoms with E-state index in [1.54, 1.807) is 23.0 Å². The first kappa shape index (κ1) is 21.2. The second-order valence-electron chi connectivity index (χ2n) is 9.04. The zero-order chi connectivity index (χ0) is 20.8. The fraction of sp³-hybridized carbons (Fsp3) is 0.850. The summed E-state index contributed by atoms with van der Waals surface area (Å²) in [7, 11) is 0.458. The lowest BCUT2D eigenvalue weighted by molar-refractivity contribution is -0.129. The topological polar surface area (TPSA) is 70.9 Å². The monoisotopic (exact) mass is 425 g/mol. The maximum Gasteiger partial charge on any atom is 0.246 e. The molecule has 3 saturated heterocycles. The van der Waals surface area contributed by atoms with Crippen LogP contribution in [0.5, 0.6) is 0 Å². The smallest absolute Gasteiger partial charge is 0.246 e. The van der Waals surface area contributed by atoms with Gasteiger partial charge < -0.3 is 9.64 Å². The van der Waals surface area contributed by atoms with E-state index in [9.17, 15) is 8.42 Å². The number of hydrogen-bond donors (Lipinski definition) is 0. The molecule has 3 aliphatic rings. The fourth-order valence-electron chi connectivity index (χ4n) is 5.24. The molecule has 9 heteroatoms. The minimum absolute atomic E-state index is 0.169. The van der Waals surface area contributed by atoms with Crippen LogP contribution in [0.15, 0.2) is 4.90 Å². The predicted molar refractivity (Wildman–Crippen MR) is 111 cm³/mol. The van der Waals surface area contributed by atoms with E-state index >= 15 is 0 Å². The number of nitrogens with zero attached hydrogens (tertiary/aromatic N) is 5. The lowest BCUT2D eigenvalue weighted by Crippen LogP contribution is -2.57. The largest absolute Gasteiger partial charge is 0.375 e. The van der Waals surface area contributed by atoms with Crippen LogP contribution in [-0.2, 0) is 21.8 Å². The Bertz CT molecular complexity index is 837. The molecule has 0 amide bonds. The molecule has 0 bridgehead atoms. The van der Waals surface area contributed by atoms with Gasteiger partial charge in [0.05, 0.1) is 17.0 Å². The van der Waals surface area contributed by atoms with Gasteiger partial charge in [0.15, 0.2) is 0 Å². The molecule has 1 unspecified atom stereocenters. The summed E-state index contributed by atoms with van der Waals surface area (Å²) in [6, 6.07) is 0.559. The minimum Gasteiger partial charge on any atom is -0.375 e. The van der Waals surface area contributed by atoms with Gasteiger partial charge in [-0.15, -0.1) is 0 Å². The number of likely N-dealkylation sites (N-methyl/N-ethyl adjacent to an activating group) is 1. The highest BCUT2D eigenvalue weighted by Crippen LogP contribution is 2.38. The maximum atomic E-state index is 13.3. The third-order valence-corrected chi connectivity index (χ3v) is 9.35. The second kappa shape index (κ2) is 7.92. The van der Waals surface area contributed by atoms with Crippen molar-refractivity contribution >= 4 is 10.0 Å². The van der Waals surface area contributed by atoms with Crippen molar-refractivity contribution in [1.82, 2.24) is 23.9 Å². The van der Waals surface area contributed by atoms with Crippen LogP contribution in [0.1, 0.15) is 37.1 Å². The van der Waals surface area contributed by atoms with Crippen molar-refractivity contribution in [2.45, 2.75) is 56.1 Å². The van der Waals surface area contributed by atoms with Crippen molar-refractivity contribution in [3.63, 3.8) is 0 Å². The quantitative estimate of drug-likeness (QED) is 0.719. The predicted octanol–water partition coefficient (Wildman–Crippen LogP) is 0.987. The standard InChI is InChI=1S/C20H35N5O3S/c1-16-19(17(2)23(4)21-16)29(26,27)25-8-6-20(7-9-25)15-18(5-14-28-20)24-12-10-22(3)11-13-24/h18H,5-15H2,1-4H3. The molecule has 4 heterocycles. The van der Waals surface area contributed by atoms with Gasteiger partial charge >= 0.3 is 0 Å². The van der Waals surface area contributed by atoms with E-state index in [2.05, 4.69) is 21.9 Å². The molecule has 8 nitrogen and oxygen atoms in total. The SMILES string of the molecule is Cc1nn(C)c(C)c1S(=O)(=O)N1CCC2(CC1)CC(N1CCN(C)CC1)CCO2. The van der Waals surface area contributed by atoms with E-state index in [4.69, 9.17) is 4.74 Å². The number of rotatable bonds is 3. The summed E-state index contributed by atoms with van der Waals surface area (Å²) < 4.78 is 36.1. The molecule has 0 radical (unpaired) electrons. The van der Waals surface area contributed by atoms with E-state index in [0.717, 1.165) is 58.5 Å². The van der Waals surface area contributed by atoms with Gasteiger partial charge in [-0.2, -0.15) is 9.40 Å². The van der Waals surface area contributed by atoms with Crippen LogP contribution in [0.3, 0.4) is 0 Å². The van der Waals surface area contributed by atoms with Crippen molar-refractivity contribution < 1.29 is 13.2 Å². The molecular weight excluding hydrogens is 390 g/mol. The molecule has 1 aromatic heterocycles. The van der Waals surface area contributed by atoms with Crippen LogP contribution in [0, 0.1) is 13.8 Å². The second-order valence-corrected chi connectivity index (χ2v) is 10.9. The Morgan fingerprint density at radius 1 is 1.03 bits per heavy atom. The van der Waals surface area contributed by atoms with E-state index in [1.807, 2.05) is 6.92 Å². The van der Waals surface area contributed by atoms with Gasteiger partial charge in [0, 0.05) is 59.0 Å². The molecule has 1 spiro atoms. The van der Waals surface area contributed by atoms with Crippen molar-refractivity contribution in [1.29, 1.82) is 0 Å². The van der Waals surface area contributed by atoms with E-state index in [0.29, 0.717) is 35.4 Å². The zero-order valence-electron chi connectivity index (χ0n) is 18.2. The van der Waals surface area contributed by atoms with Crippen LogP contribution in [0.4, 0.5) is 0 Å². The summed E-state index contributed by atoms with van der Waals surface area (Å²) >= 11 is 0. The Balaban J connectivity index is 1.43. The summed E-state index contributed by atoms with van der Waals surface area (Å²) in [5, 5.41) is 4.30. The highest BCUT2D eigenvalue weighted by molar-refractivity contribution is 7.89. The van der Waals surface area contributed by atoms with E-state index in [-0.39, 0.29) is 5.60 Å². The first-order valence-corrected chi connectivity index (χ1v) is 12.2. The minimum atomic E-state index is -3.52. The summed E-state index contributed by atoms with van der Waals surface area (Å²) in [6.07, 6.45) is 3.65. The van der Waals surface area contributed by atoms with Crippen LogP contribution in [0.2, 0.25) is 0 Å². The highest BCUT2D eigenvalue weighted by atomic mass is 32.2.